The number of benzene rings is 1. The summed E-state index contributed by atoms with van der Waals surface area (Å²) < 4.78 is 1.86. The molecule has 2 atom stereocenters. The van der Waals surface area contributed by atoms with Crippen molar-refractivity contribution in [1.82, 2.24) is 15.1 Å². The Labute approximate surface area is 137 Å². The molecule has 2 aromatic rings. The van der Waals surface area contributed by atoms with E-state index in [9.17, 15) is 4.79 Å². The summed E-state index contributed by atoms with van der Waals surface area (Å²) >= 11 is 0. The number of hydrogen-bond acceptors (Lipinski definition) is 2. The van der Waals surface area contributed by atoms with Gasteiger partial charge in [0.15, 0.2) is 0 Å². The largest absolute Gasteiger partial charge is 0.335 e. The van der Waals surface area contributed by atoms with E-state index in [1.165, 1.54) is 19.3 Å². The van der Waals surface area contributed by atoms with Gasteiger partial charge in [-0.15, -0.1) is 0 Å². The SMILES string of the molecule is CC1CCCCC1NC(=O)Nc1cccc(Cn2cccn2)c1. The molecule has 1 aliphatic carbocycles. The van der Waals surface area contributed by atoms with Gasteiger partial charge in [0.05, 0.1) is 6.54 Å². The molecular formula is C18H24N4O. The fourth-order valence-electron chi connectivity index (χ4n) is 3.19. The van der Waals surface area contributed by atoms with Crippen LogP contribution in [0.1, 0.15) is 38.2 Å². The Hall–Kier alpha value is -2.30. The Morgan fingerprint density at radius 1 is 1.30 bits per heavy atom. The lowest BCUT2D eigenvalue weighted by Crippen LogP contribution is -2.43. The molecule has 0 spiro atoms. The first-order valence-corrected chi connectivity index (χ1v) is 8.34. The van der Waals surface area contributed by atoms with Gasteiger partial charge in [-0.3, -0.25) is 4.68 Å². The Kier molecular flexibility index (Phi) is 4.95. The van der Waals surface area contributed by atoms with Crippen molar-refractivity contribution in [1.29, 1.82) is 0 Å². The lowest BCUT2D eigenvalue weighted by Gasteiger charge is -2.29. The third-order valence-electron chi connectivity index (χ3n) is 4.52. The minimum Gasteiger partial charge on any atom is -0.335 e. The highest BCUT2D eigenvalue weighted by atomic mass is 16.2. The molecule has 2 N–H and O–H groups in total. The molecule has 1 aromatic carbocycles. The lowest BCUT2D eigenvalue weighted by molar-refractivity contribution is 0.232. The smallest absolute Gasteiger partial charge is 0.319 e. The van der Waals surface area contributed by atoms with E-state index >= 15 is 0 Å². The molecule has 23 heavy (non-hydrogen) atoms. The van der Waals surface area contributed by atoms with Crippen LogP contribution >= 0.6 is 0 Å². The second-order valence-corrected chi connectivity index (χ2v) is 6.37. The van der Waals surface area contributed by atoms with Crippen LogP contribution < -0.4 is 10.6 Å². The molecule has 3 rings (SSSR count). The summed E-state index contributed by atoms with van der Waals surface area (Å²) in [5, 5.41) is 10.3. The Morgan fingerprint density at radius 2 is 2.17 bits per heavy atom. The van der Waals surface area contributed by atoms with Crippen molar-refractivity contribution in [3.63, 3.8) is 0 Å². The van der Waals surface area contributed by atoms with E-state index in [4.69, 9.17) is 0 Å². The molecule has 1 heterocycles. The molecule has 1 aliphatic rings. The summed E-state index contributed by atoms with van der Waals surface area (Å²) in [5.74, 6) is 0.556. The average Bonchev–Trinajstić information content (AvgIpc) is 3.03. The normalized spacial score (nSPS) is 20.9. The molecule has 122 valence electrons. The van der Waals surface area contributed by atoms with E-state index < -0.39 is 0 Å². The molecule has 2 unspecified atom stereocenters. The van der Waals surface area contributed by atoms with Gasteiger partial charge in [-0.1, -0.05) is 31.9 Å². The highest BCUT2D eigenvalue weighted by molar-refractivity contribution is 5.89. The van der Waals surface area contributed by atoms with Crippen LogP contribution in [0.3, 0.4) is 0 Å². The maximum Gasteiger partial charge on any atom is 0.319 e. The van der Waals surface area contributed by atoms with Crippen molar-refractivity contribution >= 4 is 11.7 Å². The van der Waals surface area contributed by atoms with E-state index in [2.05, 4.69) is 22.7 Å². The molecule has 5 nitrogen and oxygen atoms in total. The van der Waals surface area contributed by atoms with Gasteiger partial charge in [-0.25, -0.2) is 4.79 Å². The lowest BCUT2D eigenvalue weighted by atomic mass is 9.86. The van der Waals surface area contributed by atoms with Crippen LogP contribution in [0, 0.1) is 5.92 Å². The van der Waals surface area contributed by atoms with Crippen LogP contribution in [0.15, 0.2) is 42.7 Å². The van der Waals surface area contributed by atoms with Crippen LogP contribution in [0.25, 0.3) is 0 Å². The number of urea groups is 1. The fraction of sp³-hybridized carbons (Fsp3) is 0.444. The van der Waals surface area contributed by atoms with Crippen LogP contribution in [0.5, 0.6) is 0 Å². The molecule has 0 aliphatic heterocycles. The van der Waals surface area contributed by atoms with E-state index in [0.717, 1.165) is 17.7 Å². The van der Waals surface area contributed by atoms with Gasteiger partial charge in [-0.05, 0) is 42.5 Å². The van der Waals surface area contributed by atoms with Gasteiger partial charge in [0.25, 0.3) is 0 Å². The van der Waals surface area contributed by atoms with Crippen LogP contribution in [-0.4, -0.2) is 21.9 Å². The quantitative estimate of drug-likeness (QED) is 0.905. The predicted octanol–water partition coefficient (Wildman–Crippen LogP) is 3.63. The van der Waals surface area contributed by atoms with E-state index in [-0.39, 0.29) is 12.1 Å². The Morgan fingerprint density at radius 3 is 2.96 bits per heavy atom. The number of hydrogen-bond donors (Lipinski definition) is 2. The maximum atomic E-state index is 12.2. The minimum atomic E-state index is -0.111. The first-order valence-electron chi connectivity index (χ1n) is 8.34. The van der Waals surface area contributed by atoms with Gasteiger partial charge in [0.1, 0.15) is 0 Å². The van der Waals surface area contributed by atoms with Gasteiger partial charge in [0.2, 0.25) is 0 Å². The van der Waals surface area contributed by atoms with Crippen molar-refractivity contribution in [3.8, 4) is 0 Å². The zero-order valence-electron chi connectivity index (χ0n) is 13.5. The predicted molar refractivity (Wildman–Crippen MR) is 91.3 cm³/mol. The minimum absolute atomic E-state index is 0.111. The summed E-state index contributed by atoms with van der Waals surface area (Å²) in [7, 11) is 0. The molecule has 1 saturated carbocycles. The van der Waals surface area contributed by atoms with Crippen molar-refractivity contribution in [2.24, 2.45) is 5.92 Å². The second kappa shape index (κ2) is 7.31. The zero-order chi connectivity index (χ0) is 16.1. The van der Waals surface area contributed by atoms with Crippen molar-refractivity contribution in [2.75, 3.05) is 5.32 Å². The molecule has 1 aromatic heterocycles. The van der Waals surface area contributed by atoms with Crippen LogP contribution in [-0.2, 0) is 6.54 Å². The molecule has 2 amide bonds. The van der Waals surface area contributed by atoms with Gasteiger partial charge in [-0.2, -0.15) is 5.10 Å². The molecule has 0 bridgehead atoms. The van der Waals surface area contributed by atoms with Gasteiger partial charge >= 0.3 is 6.03 Å². The Balaban J connectivity index is 1.57. The first kappa shape index (κ1) is 15.6. The number of carbonyl (C=O) groups excluding carboxylic acids is 1. The standard InChI is InChI=1S/C18H24N4O/c1-14-6-2-3-9-17(14)21-18(23)20-16-8-4-7-15(12-16)13-22-11-5-10-19-22/h4-5,7-8,10-12,14,17H,2-3,6,9,13H2,1H3,(H2,20,21,23). The number of nitrogens with one attached hydrogen (secondary N) is 2. The number of anilines is 1. The average molecular weight is 312 g/mol. The van der Waals surface area contributed by atoms with Crippen molar-refractivity contribution < 1.29 is 4.79 Å². The number of carbonyl (C=O) groups is 1. The van der Waals surface area contributed by atoms with Gasteiger partial charge in [0, 0.05) is 24.1 Å². The van der Waals surface area contributed by atoms with Gasteiger partial charge < -0.3 is 10.6 Å². The number of amides is 2. The summed E-state index contributed by atoms with van der Waals surface area (Å²) in [6.07, 6.45) is 8.45. The second-order valence-electron chi connectivity index (χ2n) is 6.37. The third-order valence-corrected chi connectivity index (χ3v) is 4.52. The molecule has 1 fully saturated rings. The van der Waals surface area contributed by atoms with Crippen molar-refractivity contribution in [3.05, 3.63) is 48.3 Å². The molecular weight excluding hydrogens is 288 g/mol. The van der Waals surface area contributed by atoms with E-state index in [0.29, 0.717) is 12.5 Å². The fourth-order valence-corrected chi connectivity index (χ4v) is 3.19. The summed E-state index contributed by atoms with van der Waals surface area (Å²) in [4.78, 5) is 12.2. The summed E-state index contributed by atoms with van der Waals surface area (Å²) in [5.41, 5.74) is 1.92. The first-order chi connectivity index (χ1) is 11.2. The third kappa shape index (κ3) is 4.34. The molecule has 0 saturated heterocycles. The monoisotopic (exact) mass is 312 g/mol. The number of aromatic nitrogens is 2. The Bertz CT molecular complexity index is 638. The molecule has 0 radical (unpaired) electrons. The summed E-state index contributed by atoms with van der Waals surface area (Å²) in [6, 6.07) is 9.98. The van der Waals surface area contributed by atoms with Crippen molar-refractivity contribution in [2.45, 2.75) is 45.2 Å². The van der Waals surface area contributed by atoms with E-state index in [1.807, 2.05) is 41.2 Å². The summed E-state index contributed by atoms with van der Waals surface area (Å²) in [6.45, 7) is 2.92. The maximum absolute atomic E-state index is 12.2. The highest BCUT2D eigenvalue weighted by Gasteiger charge is 2.22. The van der Waals surface area contributed by atoms with Crippen LogP contribution in [0.4, 0.5) is 10.5 Å². The topological polar surface area (TPSA) is 59.0 Å². The van der Waals surface area contributed by atoms with E-state index in [1.54, 1.807) is 6.20 Å². The number of nitrogens with zero attached hydrogens (tertiary/aromatic N) is 2. The van der Waals surface area contributed by atoms with Crippen LogP contribution in [0.2, 0.25) is 0 Å². The zero-order valence-corrected chi connectivity index (χ0v) is 13.5. The number of rotatable bonds is 4. The highest BCUT2D eigenvalue weighted by Crippen LogP contribution is 2.23. The molecule has 5 heteroatoms.